The first kappa shape index (κ1) is 20.2. The van der Waals surface area contributed by atoms with Crippen LogP contribution in [-0.2, 0) is 9.09 Å². The summed E-state index contributed by atoms with van der Waals surface area (Å²) in [6, 6.07) is 1.47. The first-order chi connectivity index (χ1) is 10.4. The lowest BCUT2D eigenvalue weighted by molar-refractivity contribution is 0.296. The number of hydrogen-bond donors (Lipinski definition) is 0. The fourth-order valence-electron chi connectivity index (χ4n) is 1.57. The van der Waals surface area contributed by atoms with E-state index in [9.17, 15) is 4.57 Å². The summed E-state index contributed by atoms with van der Waals surface area (Å²) in [5.41, 5.74) is 0.485. The van der Waals surface area contributed by atoms with E-state index in [2.05, 4.69) is 0 Å². The highest BCUT2D eigenvalue weighted by molar-refractivity contribution is 8.55. The standard InChI is InChI=1S/C14H18Cl3O3PS/c1-4-7-10-13(17)11(15)9-12(16)14(10)20-21(18,19-6-3)22-8-5-2/h4,7,9H,5-6,8H2,1-3H3. The van der Waals surface area contributed by atoms with Crippen molar-refractivity contribution in [2.75, 3.05) is 12.4 Å². The van der Waals surface area contributed by atoms with E-state index >= 15 is 0 Å². The minimum atomic E-state index is -3.37. The van der Waals surface area contributed by atoms with Gasteiger partial charge in [0.25, 0.3) is 0 Å². The van der Waals surface area contributed by atoms with Crippen molar-refractivity contribution in [3.8, 4) is 5.75 Å². The average molecular weight is 404 g/mol. The molecule has 3 nitrogen and oxygen atoms in total. The Balaban J connectivity index is 3.29. The van der Waals surface area contributed by atoms with Crippen LogP contribution in [0.15, 0.2) is 12.1 Å². The summed E-state index contributed by atoms with van der Waals surface area (Å²) in [5.74, 6) is 0.865. The smallest absolute Gasteiger partial charge is 0.415 e. The van der Waals surface area contributed by atoms with Gasteiger partial charge in [0, 0.05) is 11.3 Å². The highest BCUT2D eigenvalue weighted by Gasteiger charge is 2.29. The van der Waals surface area contributed by atoms with Crippen molar-refractivity contribution < 1.29 is 13.6 Å². The number of allylic oxidation sites excluding steroid dienone is 1. The molecule has 0 saturated heterocycles. The lowest BCUT2D eigenvalue weighted by atomic mass is 10.2. The minimum Gasteiger partial charge on any atom is -0.415 e. The summed E-state index contributed by atoms with van der Waals surface area (Å²) in [6.45, 7) is 2.46. The van der Waals surface area contributed by atoms with Crippen LogP contribution < -0.4 is 4.52 Å². The second-order valence-corrected chi connectivity index (χ2v) is 9.50. The predicted octanol–water partition coefficient (Wildman–Crippen LogP) is 7.35. The van der Waals surface area contributed by atoms with E-state index in [0.29, 0.717) is 21.4 Å². The normalized spacial score (nSPS) is 14.3. The van der Waals surface area contributed by atoms with Crippen molar-refractivity contribution in [2.24, 2.45) is 0 Å². The highest BCUT2D eigenvalue weighted by atomic mass is 35.5. The number of halogens is 3. The Morgan fingerprint density at radius 2 is 1.95 bits per heavy atom. The van der Waals surface area contributed by atoms with Crippen LogP contribution in [0, 0.1) is 0 Å². The first-order valence-corrected chi connectivity index (χ1v) is 11.0. The van der Waals surface area contributed by atoms with E-state index < -0.39 is 6.80 Å². The molecule has 1 aromatic carbocycles. The van der Waals surface area contributed by atoms with Gasteiger partial charge in [-0.3, -0.25) is 4.52 Å². The molecule has 0 radical (unpaired) electrons. The zero-order valence-corrected chi connectivity index (χ0v) is 16.5. The Kier molecular flexibility index (Phi) is 8.69. The van der Waals surface area contributed by atoms with Crippen LogP contribution in [0.5, 0.6) is 5.75 Å². The predicted molar refractivity (Wildman–Crippen MR) is 98.8 cm³/mol. The number of rotatable bonds is 8. The molecule has 0 N–H and O–H groups in total. The molecule has 0 aliphatic carbocycles. The van der Waals surface area contributed by atoms with Gasteiger partial charge in [0.2, 0.25) is 0 Å². The molecule has 8 heteroatoms. The molecule has 0 aliphatic heterocycles. The van der Waals surface area contributed by atoms with E-state index in [1.165, 1.54) is 6.07 Å². The average Bonchev–Trinajstić information content (AvgIpc) is 2.47. The molecular weight excluding hydrogens is 386 g/mol. The molecule has 0 aliphatic rings. The zero-order chi connectivity index (χ0) is 16.8. The molecule has 0 aromatic heterocycles. The summed E-state index contributed by atoms with van der Waals surface area (Å²) in [5, 5.41) is 0.835. The molecule has 0 spiro atoms. The largest absolute Gasteiger partial charge is 0.440 e. The van der Waals surface area contributed by atoms with Gasteiger partial charge in [0.05, 0.1) is 21.7 Å². The summed E-state index contributed by atoms with van der Waals surface area (Å²) >= 11 is 19.6. The van der Waals surface area contributed by atoms with Crippen LogP contribution in [0.25, 0.3) is 6.08 Å². The third-order valence-electron chi connectivity index (χ3n) is 2.44. The first-order valence-electron chi connectivity index (χ1n) is 6.77. The highest BCUT2D eigenvalue weighted by Crippen LogP contribution is 2.62. The second-order valence-electron chi connectivity index (χ2n) is 4.19. The second kappa shape index (κ2) is 9.46. The maximum Gasteiger partial charge on any atom is 0.440 e. The quantitative estimate of drug-likeness (QED) is 0.336. The van der Waals surface area contributed by atoms with Gasteiger partial charge < -0.3 is 4.52 Å². The summed E-state index contributed by atoms with van der Waals surface area (Å²) in [7, 11) is 0. The SMILES string of the molecule is CC=Cc1c(Cl)c(Cl)cc(Cl)c1OP(=O)(OCC)SCCC. The van der Waals surface area contributed by atoms with Crippen molar-refractivity contribution in [1.82, 2.24) is 0 Å². The van der Waals surface area contributed by atoms with Crippen LogP contribution in [0.4, 0.5) is 0 Å². The van der Waals surface area contributed by atoms with Crippen LogP contribution in [0.3, 0.4) is 0 Å². The molecule has 124 valence electrons. The zero-order valence-electron chi connectivity index (χ0n) is 12.6. The summed E-state index contributed by atoms with van der Waals surface area (Å²) in [4.78, 5) is 0. The van der Waals surface area contributed by atoms with Gasteiger partial charge in [-0.15, -0.1) is 0 Å². The maximum atomic E-state index is 12.8. The summed E-state index contributed by atoms with van der Waals surface area (Å²) < 4.78 is 23.8. The van der Waals surface area contributed by atoms with Gasteiger partial charge in [0.1, 0.15) is 0 Å². The van der Waals surface area contributed by atoms with Gasteiger partial charge in [-0.25, -0.2) is 4.57 Å². The monoisotopic (exact) mass is 402 g/mol. The molecule has 1 aromatic rings. The van der Waals surface area contributed by atoms with Crippen LogP contribution >= 0.6 is 53.0 Å². The fourth-order valence-corrected chi connectivity index (χ4v) is 5.80. The topological polar surface area (TPSA) is 35.5 Å². The van der Waals surface area contributed by atoms with Gasteiger partial charge in [-0.05, 0) is 37.7 Å². The Morgan fingerprint density at radius 3 is 2.50 bits per heavy atom. The Bertz CT molecular complexity index is 593. The molecule has 1 atom stereocenters. The Hall–Kier alpha value is 0.170. The molecular formula is C14H18Cl3O3PS. The van der Waals surface area contributed by atoms with Crippen molar-refractivity contribution >= 4 is 59.1 Å². The third kappa shape index (κ3) is 5.36. The molecule has 1 unspecified atom stereocenters. The number of hydrogen-bond acceptors (Lipinski definition) is 4. The van der Waals surface area contributed by atoms with Crippen molar-refractivity contribution in [3.63, 3.8) is 0 Å². The van der Waals surface area contributed by atoms with Crippen molar-refractivity contribution in [2.45, 2.75) is 27.2 Å². The van der Waals surface area contributed by atoms with Gasteiger partial charge >= 0.3 is 6.80 Å². The third-order valence-corrected chi connectivity index (χ3v) is 7.44. The van der Waals surface area contributed by atoms with E-state index in [1.807, 2.05) is 13.8 Å². The van der Waals surface area contributed by atoms with Crippen LogP contribution in [0.1, 0.15) is 32.8 Å². The van der Waals surface area contributed by atoms with Gasteiger partial charge in [0.15, 0.2) is 5.75 Å². The molecule has 22 heavy (non-hydrogen) atoms. The fraction of sp³-hybridized carbons (Fsp3) is 0.429. The van der Waals surface area contributed by atoms with E-state index in [0.717, 1.165) is 17.8 Å². The van der Waals surface area contributed by atoms with Crippen LogP contribution in [-0.4, -0.2) is 12.4 Å². The van der Waals surface area contributed by atoms with Gasteiger partial charge in [-0.2, -0.15) is 0 Å². The molecule has 0 saturated carbocycles. The van der Waals surface area contributed by atoms with Crippen molar-refractivity contribution in [1.29, 1.82) is 0 Å². The van der Waals surface area contributed by atoms with E-state index in [1.54, 1.807) is 19.1 Å². The molecule has 0 amide bonds. The van der Waals surface area contributed by atoms with Gasteiger partial charge in [-0.1, -0.05) is 53.9 Å². The number of benzene rings is 1. The Labute approximate surface area is 150 Å². The summed E-state index contributed by atoms with van der Waals surface area (Å²) in [6.07, 6.45) is 4.32. The molecule has 0 fully saturated rings. The molecule has 0 bridgehead atoms. The van der Waals surface area contributed by atoms with E-state index in [4.69, 9.17) is 43.9 Å². The van der Waals surface area contributed by atoms with E-state index in [-0.39, 0.29) is 17.4 Å². The lowest BCUT2D eigenvalue weighted by Crippen LogP contribution is -1.99. The Morgan fingerprint density at radius 1 is 1.27 bits per heavy atom. The molecule has 1 rings (SSSR count). The molecule has 0 heterocycles. The maximum absolute atomic E-state index is 12.8. The minimum absolute atomic E-state index is 0.217. The van der Waals surface area contributed by atoms with Crippen molar-refractivity contribution in [3.05, 3.63) is 32.8 Å². The van der Waals surface area contributed by atoms with Crippen LogP contribution in [0.2, 0.25) is 15.1 Å². The lowest BCUT2D eigenvalue weighted by Gasteiger charge is -2.20.